The summed E-state index contributed by atoms with van der Waals surface area (Å²) < 4.78 is 0. The number of hydrogen-bond donors (Lipinski definition) is 0. The highest BCUT2D eigenvalue weighted by Gasteiger charge is 2.65. The maximum Gasteiger partial charge on any atom is 0.136 e. The van der Waals surface area contributed by atoms with Gasteiger partial charge in [-0.25, -0.2) is 0 Å². The summed E-state index contributed by atoms with van der Waals surface area (Å²) in [6, 6.07) is 33.0. The predicted molar refractivity (Wildman–Crippen MR) is 123 cm³/mol. The summed E-state index contributed by atoms with van der Waals surface area (Å²) in [5, 5.41) is 0. The standard InChI is InChI=1S/C30H20O2/c31-17-29-23-13-5-1-9-19(23)27(20-10-2-6-14-24(20)29)28-21-11-3-7-15-25(21)30(29,18-32)26-16-8-4-12-22(26)28/h1-18,27-28H. The highest BCUT2D eigenvalue weighted by atomic mass is 16.1. The van der Waals surface area contributed by atoms with E-state index in [2.05, 4.69) is 72.8 Å². The molecule has 0 radical (unpaired) electrons. The van der Waals surface area contributed by atoms with Crippen LogP contribution >= 0.6 is 0 Å². The van der Waals surface area contributed by atoms with Gasteiger partial charge in [0.15, 0.2) is 0 Å². The van der Waals surface area contributed by atoms with Crippen molar-refractivity contribution < 1.29 is 9.59 Å². The molecule has 4 bridgehead atoms. The Labute approximate surface area is 186 Å². The monoisotopic (exact) mass is 412 g/mol. The van der Waals surface area contributed by atoms with E-state index in [9.17, 15) is 9.59 Å². The Bertz CT molecular complexity index is 1240. The maximum atomic E-state index is 13.5. The molecule has 4 aromatic rings. The lowest BCUT2D eigenvalue weighted by Gasteiger charge is -2.58. The molecule has 10 rings (SSSR count). The van der Waals surface area contributed by atoms with Gasteiger partial charge in [0.2, 0.25) is 0 Å². The molecule has 0 saturated carbocycles. The van der Waals surface area contributed by atoms with Crippen LogP contribution in [0.3, 0.4) is 0 Å². The fraction of sp³-hybridized carbons (Fsp3) is 0.133. The third-order valence-corrected chi connectivity index (χ3v) is 8.19. The molecule has 0 aliphatic heterocycles. The second-order valence-corrected chi connectivity index (χ2v) is 9.16. The first-order valence-electron chi connectivity index (χ1n) is 11.1. The highest BCUT2D eigenvalue weighted by Crippen LogP contribution is 2.67. The third-order valence-electron chi connectivity index (χ3n) is 8.19. The summed E-state index contributed by atoms with van der Waals surface area (Å²) in [5.41, 5.74) is 6.15. The molecule has 0 fully saturated rings. The van der Waals surface area contributed by atoms with Gasteiger partial charge in [-0.2, -0.15) is 0 Å². The summed E-state index contributed by atoms with van der Waals surface area (Å²) >= 11 is 0. The predicted octanol–water partition coefficient (Wildman–Crippen LogP) is 5.26. The molecule has 2 heteroatoms. The maximum absolute atomic E-state index is 13.5. The van der Waals surface area contributed by atoms with Crippen LogP contribution in [-0.4, -0.2) is 12.6 Å². The molecule has 0 N–H and O–H groups in total. The van der Waals surface area contributed by atoms with Crippen molar-refractivity contribution in [3.05, 3.63) is 142 Å². The Hall–Kier alpha value is -3.78. The molecule has 0 spiro atoms. The fourth-order valence-electron chi connectivity index (χ4n) is 7.14. The fourth-order valence-corrected chi connectivity index (χ4v) is 7.14. The molecule has 4 aromatic carbocycles. The summed E-state index contributed by atoms with van der Waals surface area (Å²) in [6.07, 6.45) is 2.10. The van der Waals surface area contributed by atoms with Gasteiger partial charge in [0.25, 0.3) is 0 Å². The van der Waals surface area contributed by atoms with Crippen molar-refractivity contribution in [3.63, 3.8) is 0 Å². The van der Waals surface area contributed by atoms with E-state index in [1.54, 1.807) is 0 Å². The number of carbonyl (C=O) groups is 2. The second-order valence-electron chi connectivity index (χ2n) is 9.16. The molecule has 2 nitrogen and oxygen atoms in total. The summed E-state index contributed by atoms with van der Waals surface area (Å²) in [4.78, 5) is 27.1. The van der Waals surface area contributed by atoms with Crippen LogP contribution in [0.25, 0.3) is 0 Å². The summed E-state index contributed by atoms with van der Waals surface area (Å²) in [6.45, 7) is 0. The largest absolute Gasteiger partial charge is 0.302 e. The average Bonchev–Trinajstić information content (AvgIpc) is 2.85. The minimum Gasteiger partial charge on any atom is -0.302 e. The van der Waals surface area contributed by atoms with Crippen molar-refractivity contribution in [3.8, 4) is 0 Å². The van der Waals surface area contributed by atoms with Crippen molar-refractivity contribution in [1.29, 1.82) is 0 Å². The molecule has 0 amide bonds. The molecule has 0 unspecified atom stereocenters. The first-order chi connectivity index (χ1) is 15.8. The van der Waals surface area contributed by atoms with E-state index in [0.29, 0.717) is 0 Å². The van der Waals surface area contributed by atoms with E-state index in [4.69, 9.17) is 0 Å². The Kier molecular flexibility index (Phi) is 3.30. The van der Waals surface area contributed by atoms with Gasteiger partial charge in [0.05, 0.1) is 10.8 Å². The van der Waals surface area contributed by atoms with Gasteiger partial charge in [0, 0.05) is 11.8 Å². The van der Waals surface area contributed by atoms with Crippen LogP contribution in [0.4, 0.5) is 0 Å². The molecule has 6 aliphatic carbocycles. The molecular weight excluding hydrogens is 392 g/mol. The van der Waals surface area contributed by atoms with Crippen LogP contribution < -0.4 is 0 Å². The quantitative estimate of drug-likeness (QED) is 0.421. The molecular formula is C30H20O2. The molecule has 152 valence electrons. The number of rotatable bonds is 2. The van der Waals surface area contributed by atoms with Gasteiger partial charge in [-0.3, -0.25) is 0 Å². The van der Waals surface area contributed by atoms with Gasteiger partial charge in [-0.05, 0) is 44.5 Å². The second kappa shape index (κ2) is 5.92. The van der Waals surface area contributed by atoms with Gasteiger partial charge in [-0.15, -0.1) is 0 Å². The molecule has 0 saturated heterocycles. The first kappa shape index (κ1) is 17.9. The Balaban J connectivity index is 1.82. The van der Waals surface area contributed by atoms with E-state index in [0.717, 1.165) is 57.1 Å². The van der Waals surface area contributed by atoms with Gasteiger partial charge < -0.3 is 9.59 Å². The normalized spacial score (nSPS) is 27.9. The minimum absolute atomic E-state index is 0.0720. The molecule has 0 aromatic heterocycles. The van der Waals surface area contributed by atoms with E-state index >= 15 is 0 Å². The van der Waals surface area contributed by atoms with E-state index in [1.165, 1.54) is 0 Å². The van der Waals surface area contributed by atoms with Crippen molar-refractivity contribution in [2.45, 2.75) is 22.7 Å². The Morgan fingerprint density at radius 1 is 0.438 bits per heavy atom. The topological polar surface area (TPSA) is 34.1 Å². The zero-order valence-corrected chi connectivity index (χ0v) is 17.4. The van der Waals surface area contributed by atoms with Crippen molar-refractivity contribution in [2.75, 3.05) is 0 Å². The van der Waals surface area contributed by atoms with Crippen LogP contribution in [-0.2, 0) is 20.4 Å². The van der Waals surface area contributed by atoms with Gasteiger partial charge in [-0.1, -0.05) is 97.1 Å². The molecule has 0 heterocycles. The Morgan fingerprint density at radius 2 is 0.688 bits per heavy atom. The number of aldehydes is 2. The van der Waals surface area contributed by atoms with Crippen LogP contribution in [0.15, 0.2) is 97.1 Å². The third kappa shape index (κ3) is 1.69. The lowest BCUT2D eigenvalue weighted by atomic mass is 9.41. The number of carbonyl (C=O) groups excluding carboxylic acids is 2. The van der Waals surface area contributed by atoms with Crippen LogP contribution in [0, 0.1) is 0 Å². The lowest BCUT2D eigenvalue weighted by molar-refractivity contribution is -0.120. The van der Waals surface area contributed by atoms with E-state index < -0.39 is 10.8 Å². The van der Waals surface area contributed by atoms with Crippen LogP contribution in [0.1, 0.15) is 56.3 Å². The van der Waals surface area contributed by atoms with Crippen molar-refractivity contribution in [1.82, 2.24) is 0 Å². The van der Waals surface area contributed by atoms with Crippen LogP contribution in [0.2, 0.25) is 0 Å². The SMILES string of the molecule is O=CC12c3ccccc3C(c3ccccc31)C1c3ccccc3C2(C=O)c2ccccc21. The van der Waals surface area contributed by atoms with Crippen molar-refractivity contribution >= 4 is 12.6 Å². The van der Waals surface area contributed by atoms with Gasteiger partial charge in [0.1, 0.15) is 12.6 Å². The zero-order chi connectivity index (χ0) is 21.5. The van der Waals surface area contributed by atoms with Crippen LogP contribution in [0.5, 0.6) is 0 Å². The lowest BCUT2D eigenvalue weighted by Crippen LogP contribution is -2.60. The number of benzene rings is 4. The summed E-state index contributed by atoms with van der Waals surface area (Å²) in [5.74, 6) is 0.144. The minimum atomic E-state index is -1.14. The average molecular weight is 412 g/mol. The first-order valence-corrected chi connectivity index (χ1v) is 11.1. The zero-order valence-electron chi connectivity index (χ0n) is 17.4. The smallest absolute Gasteiger partial charge is 0.136 e. The molecule has 0 atom stereocenters. The number of hydrogen-bond acceptors (Lipinski definition) is 2. The van der Waals surface area contributed by atoms with E-state index in [-0.39, 0.29) is 11.8 Å². The Morgan fingerprint density at radius 3 is 0.938 bits per heavy atom. The van der Waals surface area contributed by atoms with Crippen molar-refractivity contribution in [2.24, 2.45) is 0 Å². The molecule has 6 aliphatic rings. The van der Waals surface area contributed by atoms with E-state index in [1.807, 2.05) is 24.3 Å². The van der Waals surface area contributed by atoms with Gasteiger partial charge >= 0.3 is 0 Å². The highest BCUT2D eigenvalue weighted by molar-refractivity contribution is 5.97. The molecule has 32 heavy (non-hydrogen) atoms. The summed E-state index contributed by atoms with van der Waals surface area (Å²) in [7, 11) is 0.